The van der Waals surface area contributed by atoms with Gasteiger partial charge in [0.2, 0.25) is 0 Å². The second kappa shape index (κ2) is 3.25. The number of benzene rings is 1. The first-order valence-electron chi connectivity index (χ1n) is 3.84. The lowest BCUT2D eigenvalue weighted by Gasteiger charge is -2.01. The summed E-state index contributed by atoms with van der Waals surface area (Å²) in [5.41, 5.74) is 3.65. The maximum atomic E-state index is 5.27. The molecule has 0 heterocycles. The predicted molar refractivity (Wildman–Crippen MR) is 48.5 cm³/mol. The molecular formula is C11H12. The van der Waals surface area contributed by atoms with Crippen molar-refractivity contribution in [3.8, 4) is 12.3 Å². The van der Waals surface area contributed by atoms with E-state index in [1.54, 1.807) is 0 Å². The molecule has 1 aromatic rings. The SMILES string of the molecule is C#Cc1ccc(C)c(CC)c1. The van der Waals surface area contributed by atoms with Gasteiger partial charge in [0.1, 0.15) is 0 Å². The molecule has 0 unspecified atom stereocenters. The molecule has 1 aromatic carbocycles. The maximum absolute atomic E-state index is 5.27. The topological polar surface area (TPSA) is 0 Å². The van der Waals surface area contributed by atoms with Crippen molar-refractivity contribution in [2.24, 2.45) is 0 Å². The van der Waals surface area contributed by atoms with Crippen molar-refractivity contribution in [1.82, 2.24) is 0 Å². The van der Waals surface area contributed by atoms with Gasteiger partial charge in [-0.3, -0.25) is 0 Å². The van der Waals surface area contributed by atoms with Gasteiger partial charge in [-0.25, -0.2) is 0 Å². The molecule has 0 N–H and O–H groups in total. The van der Waals surface area contributed by atoms with E-state index in [1.165, 1.54) is 11.1 Å². The number of rotatable bonds is 1. The first-order valence-corrected chi connectivity index (χ1v) is 3.84. The number of terminal acetylenes is 1. The lowest BCUT2D eigenvalue weighted by atomic mass is 10.0. The van der Waals surface area contributed by atoms with Crippen molar-refractivity contribution >= 4 is 0 Å². The Bertz CT molecular complexity index is 289. The van der Waals surface area contributed by atoms with E-state index in [4.69, 9.17) is 6.42 Å². The van der Waals surface area contributed by atoms with Crippen molar-refractivity contribution in [2.45, 2.75) is 20.3 Å². The smallest absolute Gasteiger partial charge is 0.0245 e. The van der Waals surface area contributed by atoms with E-state index >= 15 is 0 Å². The lowest BCUT2D eigenvalue weighted by Crippen LogP contribution is -1.86. The van der Waals surface area contributed by atoms with Crippen LogP contribution in [0.25, 0.3) is 0 Å². The minimum absolute atomic E-state index is 0.979. The fraction of sp³-hybridized carbons (Fsp3) is 0.273. The first kappa shape index (κ1) is 7.88. The molecule has 0 fully saturated rings. The fourth-order valence-electron chi connectivity index (χ4n) is 1.14. The molecule has 0 aromatic heterocycles. The summed E-state index contributed by atoms with van der Waals surface area (Å²) >= 11 is 0. The molecule has 0 saturated carbocycles. The molecular weight excluding hydrogens is 132 g/mol. The number of hydrogen-bond donors (Lipinski definition) is 0. The Morgan fingerprint density at radius 1 is 1.45 bits per heavy atom. The Kier molecular flexibility index (Phi) is 2.33. The van der Waals surface area contributed by atoms with Crippen molar-refractivity contribution < 1.29 is 0 Å². The molecule has 1 rings (SSSR count). The van der Waals surface area contributed by atoms with Gasteiger partial charge in [0.05, 0.1) is 0 Å². The largest absolute Gasteiger partial charge is 0.115 e. The molecule has 0 heteroatoms. The van der Waals surface area contributed by atoms with Crippen molar-refractivity contribution in [2.75, 3.05) is 0 Å². The highest BCUT2D eigenvalue weighted by Crippen LogP contribution is 2.10. The van der Waals surface area contributed by atoms with Crippen LogP contribution in [-0.2, 0) is 6.42 Å². The van der Waals surface area contributed by atoms with E-state index < -0.39 is 0 Å². The molecule has 0 saturated heterocycles. The third-order valence-electron chi connectivity index (χ3n) is 1.90. The van der Waals surface area contributed by atoms with Gasteiger partial charge in [0.15, 0.2) is 0 Å². The van der Waals surface area contributed by atoms with Crippen LogP contribution in [0.3, 0.4) is 0 Å². The average molecular weight is 144 g/mol. The van der Waals surface area contributed by atoms with Crippen molar-refractivity contribution in [3.63, 3.8) is 0 Å². The Morgan fingerprint density at radius 2 is 2.18 bits per heavy atom. The summed E-state index contributed by atoms with van der Waals surface area (Å²) in [5.74, 6) is 2.63. The highest BCUT2D eigenvalue weighted by atomic mass is 14.0. The van der Waals surface area contributed by atoms with Crippen LogP contribution in [0, 0.1) is 19.3 Å². The zero-order valence-electron chi connectivity index (χ0n) is 7.02. The predicted octanol–water partition coefficient (Wildman–Crippen LogP) is 2.54. The van der Waals surface area contributed by atoms with Gasteiger partial charge in [-0.15, -0.1) is 6.42 Å². The molecule has 56 valence electrons. The van der Waals surface area contributed by atoms with Crippen LogP contribution < -0.4 is 0 Å². The second-order valence-corrected chi connectivity index (χ2v) is 2.64. The fourth-order valence-corrected chi connectivity index (χ4v) is 1.14. The highest BCUT2D eigenvalue weighted by molar-refractivity contribution is 5.39. The van der Waals surface area contributed by atoms with Gasteiger partial charge >= 0.3 is 0 Å². The molecule has 0 bridgehead atoms. The van der Waals surface area contributed by atoms with E-state index in [-0.39, 0.29) is 0 Å². The summed E-state index contributed by atoms with van der Waals surface area (Å²) < 4.78 is 0. The third-order valence-corrected chi connectivity index (χ3v) is 1.90. The molecule has 11 heavy (non-hydrogen) atoms. The zero-order valence-corrected chi connectivity index (χ0v) is 7.02. The minimum Gasteiger partial charge on any atom is -0.115 e. The van der Waals surface area contributed by atoms with E-state index in [2.05, 4.69) is 31.9 Å². The van der Waals surface area contributed by atoms with E-state index in [0.717, 1.165) is 12.0 Å². The zero-order chi connectivity index (χ0) is 8.27. The van der Waals surface area contributed by atoms with Crippen LogP contribution in [0.4, 0.5) is 0 Å². The summed E-state index contributed by atoms with van der Waals surface area (Å²) in [6, 6.07) is 6.14. The molecule has 0 nitrogen and oxygen atoms in total. The quantitative estimate of drug-likeness (QED) is 0.531. The first-order chi connectivity index (χ1) is 5.27. The lowest BCUT2D eigenvalue weighted by molar-refractivity contribution is 1.11. The summed E-state index contributed by atoms with van der Waals surface area (Å²) in [7, 11) is 0. The van der Waals surface area contributed by atoms with Crippen LogP contribution in [-0.4, -0.2) is 0 Å². The van der Waals surface area contributed by atoms with Gasteiger partial charge < -0.3 is 0 Å². The number of hydrogen-bond acceptors (Lipinski definition) is 0. The molecule has 0 amide bonds. The maximum Gasteiger partial charge on any atom is 0.0245 e. The van der Waals surface area contributed by atoms with Crippen LogP contribution >= 0.6 is 0 Å². The standard InChI is InChI=1S/C11H12/c1-4-10-7-6-9(3)11(5-2)8-10/h1,6-8H,5H2,2-3H3. The van der Waals surface area contributed by atoms with Crippen LogP contribution in [0.1, 0.15) is 23.6 Å². The van der Waals surface area contributed by atoms with E-state index in [9.17, 15) is 0 Å². The van der Waals surface area contributed by atoms with E-state index in [1.807, 2.05) is 6.07 Å². The van der Waals surface area contributed by atoms with E-state index in [0.29, 0.717) is 0 Å². The molecule has 0 atom stereocenters. The molecule has 0 radical (unpaired) electrons. The Morgan fingerprint density at radius 3 is 2.73 bits per heavy atom. The highest BCUT2D eigenvalue weighted by Gasteiger charge is 1.95. The molecule has 0 spiro atoms. The summed E-state index contributed by atoms with van der Waals surface area (Å²) in [5, 5.41) is 0. The molecule has 0 aliphatic rings. The van der Waals surface area contributed by atoms with Gasteiger partial charge in [0, 0.05) is 5.56 Å². The number of aryl methyl sites for hydroxylation is 2. The summed E-state index contributed by atoms with van der Waals surface area (Å²) in [4.78, 5) is 0. The normalized spacial score (nSPS) is 9.18. The second-order valence-electron chi connectivity index (χ2n) is 2.64. The Hall–Kier alpha value is -1.22. The minimum atomic E-state index is 0.979. The Labute approximate surface area is 68.3 Å². The van der Waals surface area contributed by atoms with Crippen molar-refractivity contribution in [3.05, 3.63) is 34.9 Å². The Balaban J connectivity index is 3.15. The average Bonchev–Trinajstić information content (AvgIpc) is 2.05. The van der Waals surface area contributed by atoms with Crippen molar-refractivity contribution in [1.29, 1.82) is 0 Å². The monoisotopic (exact) mass is 144 g/mol. The third kappa shape index (κ3) is 1.62. The van der Waals surface area contributed by atoms with Crippen LogP contribution in [0.2, 0.25) is 0 Å². The molecule has 0 aliphatic carbocycles. The summed E-state index contributed by atoms with van der Waals surface area (Å²) in [6.07, 6.45) is 6.33. The van der Waals surface area contributed by atoms with Crippen LogP contribution in [0.5, 0.6) is 0 Å². The summed E-state index contributed by atoms with van der Waals surface area (Å²) in [6.45, 7) is 4.25. The van der Waals surface area contributed by atoms with Gasteiger partial charge in [-0.05, 0) is 36.6 Å². The van der Waals surface area contributed by atoms with Crippen LogP contribution in [0.15, 0.2) is 18.2 Å². The van der Waals surface area contributed by atoms with Gasteiger partial charge in [0.25, 0.3) is 0 Å². The molecule has 0 aliphatic heterocycles. The van der Waals surface area contributed by atoms with Gasteiger partial charge in [-0.1, -0.05) is 18.9 Å². The van der Waals surface area contributed by atoms with Gasteiger partial charge in [-0.2, -0.15) is 0 Å².